The maximum absolute atomic E-state index is 13.2. The molecule has 5 unspecified atom stereocenters. The molecular formula is C30H53NO4. The number of carbonyl (C=O) groups excluding carboxylic acids is 1. The standard InChI is InChI=1S/C30H53NO4/c1-7-15-35-28(33)23-12-11-22-21-10-9-20-16-25(32)26(34-8-2)18-29(20,5)27(21)24(17-30(22,23)6)31-14-13-19(3)4/h19-27,31-32H,7-18H2,1-6H3/t20?,21-,22-,23?,24?,25?,26?,27-,29-,30-/m0/s1. The molecule has 0 bridgehead atoms. The van der Waals surface area contributed by atoms with Crippen LogP contribution >= 0.6 is 0 Å². The van der Waals surface area contributed by atoms with Crippen molar-refractivity contribution in [2.45, 2.75) is 118 Å². The van der Waals surface area contributed by atoms with Crippen molar-refractivity contribution in [3.8, 4) is 0 Å². The van der Waals surface area contributed by atoms with E-state index in [1.807, 2.05) is 6.92 Å². The fourth-order valence-corrected chi connectivity index (χ4v) is 9.27. The Hall–Kier alpha value is -0.650. The van der Waals surface area contributed by atoms with Crippen molar-refractivity contribution in [3.63, 3.8) is 0 Å². The second-order valence-electron chi connectivity index (χ2n) is 13.3. The summed E-state index contributed by atoms with van der Waals surface area (Å²) in [5.41, 5.74) is 0.178. The van der Waals surface area contributed by atoms with Crippen molar-refractivity contribution in [3.05, 3.63) is 0 Å². The largest absolute Gasteiger partial charge is 0.465 e. The van der Waals surface area contributed by atoms with Crippen molar-refractivity contribution in [1.82, 2.24) is 5.32 Å². The van der Waals surface area contributed by atoms with Crippen molar-refractivity contribution in [2.24, 2.45) is 46.3 Å². The van der Waals surface area contributed by atoms with E-state index < -0.39 is 0 Å². The first-order valence-electron chi connectivity index (χ1n) is 14.8. The van der Waals surface area contributed by atoms with Crippen LogP contribution in [0.3, 0.4) is 0 Å². The zero-order chi connectivity index (χ0) is 25.4. The van der Waals surface area contributed by atoms with Gasteiger partial charge in [0.2, 0.25) is 0 Å². The predicted molar refractivity (Wildman–Crippen MR) is 140 cm³/mol. The lowest BCUT2D eigenvalue weighted by Gasteiger charge is -2.64. The lowest BCUT2D eigenvalue weighted by Crippen LogP contribution is -2.64. The molecular weight excluding hydrogens is 438 g/mol. The van der Waals surface area contributed by atoms with Gasteiger partial charge >= 0.3 is 5.97 Å². The molecule has 0 heterocycles. The molecule has 4 saturated carbocycles. The highest BCUT2D eigenvalue weighted by molar-refractivity contribution is 5.74. The second-order valence-corrected chi connectivity index (χ2v) is 13.3. The van der Waals surface area contributed by atoms with Crippen LogP contribution in [0.5, 0.6) is 0 Å². The van der Waals surface area contributed by atoms with E-state index in [1.54, 1.807) is 0 Å². The highest BCUT2D eigenvalue weighted by Crippen LogP contribution is 2.67. The molecule has 0 aromatic rings. The molecule has 5 nitrogen and oxygen atoms in total. The molecule has 0 spiro atoms. The molecule has 0 aromatic heterocycles. The molecule has 10 atom stereocenters. The van der Waals surface area contributed by atoms with E-state index in [-0.39, 0.29) is 34.9 Å². The van der Waals surface area contributed by atoms with Gasteiger partial charge in [0.25, 0.3) is 0 Å². The maximum Gasteiger partial charge on any atom is 0.309 e. The van der Waals surface area contributed by atoms with E-state index in [4.69, 9.17) is 9.47 Å². The number of aliphatic hydroxyl groups excluding tert-OH is 1. The summed E-state index contributed by atoms with van der Waals surface area (Å²) in [5.74, 6) is 3.11. The van der Waals surface area contributed by atoms with Crippen LogP contribution in [0.15, 0.2) is 0 Å². The number of rotatable bonds is 9. The molecule has 0 radical (unpaired) electrons. The van der Waals surface area contributed by atoms with Crippen molar-refractivity contribution in [2.75, 3.05) is 19.8 Å². The van der Waals surface area contributed by atoms with Gasteiger partial charge in [0.15, 0.2) is 0 Å². The van der Waals surface area contributed by atoms with Crippen LogP contribution in [0.25, 0.3) is 0 Å². The number of hydrogen-bond acceptors (Lipinski definition) is 5. The van der Waals surface area contributed by atoms with Crippen molar-refractivity contribution >= 4 is 5.97 Å². The molecule has 35 heavy (non-hydrogen) atoms. The number of nitrogens with one attached hydrogen (secondary N) is 1. The summed E-state index contributed by atoms with van der Waals surface area (Å²) in [6.07, 6.45) is 9.13. The average Bonchev–Trinajstić information content (AvgIpc) is 3.15. The molecule has 0 aromatic carbocycles. The van der Waals surface area contributed by atoms with Gasteiger partial charge in [-0.25, -0.2) is 0 Å². The Morgan fingerprint density at radius 2 is 1.86 bits per heavy atom. The van der Waals surface area contributed by atoms with E-state index in [9.17, 15) is 9.90 Å². The summed E-state index contributed by atoms with van der Waals surface area (Å²) < 4.78 is 11.8. The Bertz CT molecular complexity index is 727. The van der Waals surface area contributed by atoms with Crippen LogP contribution in [0.4, 0.5) is 0 Å². The minimum atomic E-state index is -0.338. The fourth-order valence-electron chi connectivity index (χ4n) is 9.27. The number of esters is 1. The molecule has 0 aliphatic heterocycles. The summed E-state index contributed by atoms with van der Waals surface area (Å²) >= 11 is 0. The SMILES string of the molecule is CCCOC(=O)C1CC[C@H]2[C@@H]3CCC4CC(O)C(OCC)C[C@]4(C)[C@@H]3C(NCCC(C)C)C[C@]12C. The van der Waals surface area contributed by atoms with Gasteiger partial charge < -0.3 is 19.9 Å². The van der Waals surface area contributed by atoms with Gasteiger partial charge in [-0.1, -0.05) is 34.6 Å². The zero-order valence-corrected chi connectivity index (χ0v) is 23.4. The monoisotopic (exact) mass is 491 g/mol. The fraction of sp³-hybridized carbons (Fsp3) is 0.967. The highest BCUT2D eigenvalue weighted by Gasteiger charge is 2.65. The van der Waals surface area contributed by atoms with Gasteiger partial charge in [0, 0.05) is 12.6 Å². The molecule has 0 saturated heterocycles. The summed E-state index contributed by atoms with van der Waals surface area (Å²) in [5, 5.41) is 14.9. The number of aliphatic hydroxyl groups is 1. The van der Waals surface area contributed by atoms with Gasteiger partial charge in [0.05, 0.1) is 24.7 Å². The summed E-state index contributed by atoms with van der Waals surface area (Å²) in [6.45, 7) is 15.9. The van der Waals surface area contributed by atoms with Crippen LogP contribution < -0.4 is 5.32 Å². The van der Waals surface area contributed by atoms with Gasteiger partial charge in [-0.05, 0) is 112 Å². The number of carbonyl (C=O) groups is 1. The van der Waals surface area contributed by atoms with Crippen LogP contribution in [0.1, 0.15) is 99.3 Å². The Labute approximate surface area is 214 Å². The Morgan fingerprint density at radius 3 is 2.54 bits per heavy atom. The van der Waals surface area contributed by atoms with Crippen molar-refractivity contribution < 1.29 is 19.4 Å². The smallest absolute Gasteiger partial charge is 0.309 e. The third-order valence-corrected chi connectivity index (χ3v) is 10.9. The minimum absolute atomic E-state index is 0.0121. The van der Waals surface area contributed by atoms with Crippen LogP contribution in [-0.2, 0) is 14.3 Å². The van der Waals surface area contributed by atoms with E-state index >= 15 is 0 Å². The molecule has 2 N–H and O–H groups in total. The minimum Gasteiger partial charge on any atom is -0.465 e. The molecule has 202 valence electrons. The molecule has 4 fully saturated rings. The summed E-state index contributed by atoms with van der Waals surface area (Å²) in [7, 11) is 0. The first-order chi connectivity index (χ1) is 16.7. The van der Waals surface area contributed by atoms with Crippen LogP contribution in [0.2, 0.25) is 0 Å². The predicted octanol–water partition coefficient (Wildman–Crippen LogP) is 5.59. The molecule has 4 aliphatic rings. The van der Waals surface area contributed by atoms with Gasteiger partial charge in [-0.3, -0.25) is 4.79 Å². The normalized spacial score (nSPS) is 45.0. The topological polar surface area (TPSA) is 67.8 Å². The zero-order valence-electron chi connectivity index (χ0n) is 23.4. The quantitative estimate of drug-likeness (QED) is 0.412. The van der Waals surface area contributed by atoms with Gasteiger partial charge in [-0.15, -0.1) is 0 Å². The van der Waals surface area contributed by atoms with Crippen LogP contribution in [-0.4, -0.2) is 49.1 Å². The van der Waals surface area contributed by atoms with Gasteiger partial charge in [0.1, 0.15) is 0 Å². The lowest BCUT2D eigenvalue weighted by atomic mass is 9.43. The number of ether oxygens (including phenoxy) is 2. The van der Waals surface area contributed by atoms with E-state index in [1.165, 1.54) is 19.3 Å². The van der Waals surface area contributed by atoms with Crippen LogP contribution in [0, 0.1) is 46.3 Å². The average molecular weight is 492 g/mol. The van der Waals surface area contributed by atoms with E-state index in [0.29, 0.717) is 48.8 Å². The molecule has 0 amide bonds. The van der Waals surface area contributed by atoms with E-state index in [0.717, 1.165) is 45.1 Å². The first kappa shape index (κ1) is 27.4. The summed E-state index contributed by atoms with van der Waals surface area (Å²) in [6, 6.07) is 0.407. The Kier molecular flexibility index (Phi) is 8.60. The number of hydrogen-bond donors (Lipinski definition) is 2. The first-order valence-corrected chi connectivity index (χ1v) is 14.8. The maximum atomic E-state index is 13.2. The molecule has 5 heteroatoms. The summed E-state index contributed by atoms with van der Waals surface area (Å²) in [4.78, 5) is 13.2. The van der Waals surface area contributed by atoms with E-state index in [2.05, 4.69) is 39.9 Å². The van der Waals surface area contributed by atoms with Crippen molar-refractivity contribution in [1.29, 1.82) is 0 Å². The Morgan fingerprint density at radius 1 is 1.09 bits per heavy atom. The molecule has 4 aliphatic carbocycles. The third kappa shape index (κ3) is 5.08. The Balaban J connectivity index is 1.64. The third-order valence-electron chi connectivity index (χ3n) is 10.9. The lowest BCUT2D eigenvalue weighted by molar-refractivity contribution is -0.183. The molecule has 4 rings (SSSR count). The second kappa shape index (κ2) is 11.0. The highest BCUT2D eigenvalue weighted by atomic mass is 16.5. The van der Waals surface area contributed by atoms with Gasteiger partial charge in [-0.2, -0.15) is 0 Å². The number of fused-ring (bicyclic) bond motifs is 5.